The zero-order valence-corrected chi connectivity index (χ0v) is 16.4. The van der Waals surface area contributed by atoms with Gasteiger partial charge in [0.15, 0.2) is 5.58 Å². The molecule has 0 spiro atoms. The molecule has 1 fully saturated rings. The van der Waals surface area contributed by atoms with Gasteiger partial charge in [-0.3, -0.25) is 9.78 Å². The first kappa shape index (κ1) is 18.2. The molecule has 1 aliphatic rings. The van der Waals surface area contributed by atoms with E-state index in [1.165, 1.54) is 0 Å². The van der Waals surface area contributed by atoms with Gasteiger partial charge < -0.3 is 14.2 Å². The number of carbonyl (C=O) groups excluding carboxylic acids is 1. The van der Waals surface area contributed by atoms with Crippen LogP contribution in [-0.2, 0) is 0 Å². The number of hydrogen-bond acceptors (Lipinski definition) is 4. The molecular formula is C24H21N3O3. The average molecular weight is 399 g/mol. The third kappa shape index (κ3) is 3.37. The van der Waals surface area contributed by atoms with Crippen LogP contribution in [0.5, 0.6) is 0 Å². The van der Waals surface area contributed by atoms with Crippen molar-refractivity contribution < 1.29 is 9.21 Å². The molecule has 4 aromatic rings. The Balaban J connectivity index is 1.32. The number of hydrogen-bond donors (Lipinski definition) is 1. The molecule has 2 heterocycles. The number of nitrogens with one attached hydrogen (secondary N) is 1. The number of carbonyl (C=O) groups is 1. The SMILES string of the molecule is O=C(c1cccc(-c2ccccc2)c1)N1CCN(c2cccc3[nH]c(=O)oc23)CC1. The Kier molecular flexibility index (Phi) is 4.59. The summed E-state index contributed by atoms with van der Waals surface area (Å²) >= 11 is 0. The number of H-pyrrole nitrogens is 1. The molecule has 0 atom stereocenters. The minimum absolute atomic E-state index is 0.0406. The maximum Gasteiger partial charge on any atom is 0.417 e. The van der Waals surface area contributed by atoms with Gasteiger partial charge in [-0.15, -0.1) is 0 Å². The molecule has 1 saturated heterocycles. The van der Waals surface area contributed by atoms with Crippen molar-refractivity contribution in [1.82, 2.24) is 9.88 Å². The van der Waals surface area contributed by atoms with Crippen molar-refractivity contribution in [2.45, 2.75) is 0 Å². The summed E-state index contributed by atoms with van der Waals surface area (Å²) in [5, 5.41) is 0. The van der Waals surface area contributed by atoms with Gasteiger partial charge in [-0.05, 0) is 35.4 Å². The molecule has 0 radical (unpaired) electrons. The molecule has 0 aliphatic carbocycles. The Hall–Kier alpha value is -3.80. The van der Waals surface area contributed by atoms with Gasteiger partial charge in [0.1, 0.15) is 0 Å². The highest BCUT2D eigenvalue weighted by Crippen LogP contribution is 2.26. The van der Waals surface area contributed by atoms with Gasteiger partial charge in [-0.25, -0.2) is 4.79 Å². The molecule has 1 N–H and O–H groups in total. The number of aromatic nitrogens is 1. The Morgan fingerprint density at radius 1 is 0.833 bits per heavy atom. The lowest BCUT2D eigenvalue weighted by molar-refractivity contribution is 0.0747. The third-order valence-electron chi connectivity index (χ3n) is 5.55. The second-order valence-corrected chi connectivity index (χ2v) is 7.39. The van der Waals surface area contributed by atoms with Crippen molar-refractivity contribution in [3.8, 4) is 11.1 Å². The number of fused-ring (bicyclic) bond motifs is 1. The molecule has 30 heavy (non-hydrogen) atoms. The average Bonchev–Trinajstić information content (AvgIpc) is 3.19. The fraction of sp³-hybridized carbons (Fsp3) is 0.167. The zero-order chi connectivity index (χ0) is 20.5. The van der Waals surface area contributed by atoms with Gasteiger partial charge in [-0.1, -0.05) is 48.5 Å². The number of nitrogens with zero attached hydrogens (tertiary/aromatic N) is 2. The Morgan fingerprint density at radius 3 is 2.37 bits per heavy atom. The topological polar surface area (TPSA) is 69.6 Å². The van der Waals surface area contributed by atoms with Gasteiger partial charge in [0.2, 0.25) is 0 Å². The van der Waals surface area contributed by atoms with Crippen LogP contribution in [0, 0.1) is 0 Å². The van der Waals surface area contributed by atoms with Crippen molar-refractivity contribution in [1.29, 1.82) is 0 Å². The van der Waals surface area contributed by atoms with Gasteiger partial charge >= 0.3 is 5.76 Å². The van der Waals surface area contributed by atoms with Crippen LogP contribution in [0.2, 0.25) is 0 Å². The Labute approximate surface area is 173 Å². The summed E-state index contributed by atoms with van der Waals surface area (Å²) in [6.45, 7) is 2.58. The van der Waals surface area contributed by atoms with Crippen molar-refractivity contribution in [3.63, 3.8) is 0 Å². The largest absolute Gasteiger partial charge is 0.417 e. The maximum atomic E-state index is 13.1. The van der Waals surface area contributed by atoms with Crippen molar-refractivity contribution in [2.75, 3.05) is 31.1 Å². The lowest BCUT2D eigenvalue weighted by atomic mass is 10.0. The van der Waals surface area contributed by atoms with E-state index in [-0.39, 0.29) is 5.91 Å². The highest BCUT2D eigenvalue weighted by Gasteiger charge is 2.24. The summed E-state index contributed by atoms with van der Waals surface area (Å²) in [7, 11) is 0. The fourth-order valence-electron chi connectivity index (χ4n) is 4.00. The molecular weight excluding hydrogens is 378 g/mol. The van der Waals surface area contributed by atoms with E-state index in [0.717, 1.165) is 16.8 Å². The predicted molar refractivity (Wildman–Crippen MR) is 117 cm³/mol. The number of oxazole rings is 1. The van der Waals surface area contributed by atoms with Crippen molar-refractivity contribution in [3.05, 3.63) is 88.9 Å². The quantitative estimate of drug-likeness (QED) is 0.570. The van der Waals surface area contributed by atoms with Crippen LogP contribution in [0.3, 0.4) is 0 Å². The van der Waals surface area contributed by atoms with E-state index < -0.39 is 5.76 Å². The van der Waals surface area contributed by atoms with E-state index in [0.29, 0.717) is 42.8 Å². The van der Waals surface area contributed by atoms with Gasteiger partial charge in [0, 0.05) is 31.7 Å². The fourth-order valence-corrected chi connectivity index (χ4v) is 4.00. The highest BCUT2D eigenvalue weighted by atomic mass is 16.4. The number of aromatic amines is 1. The molecule has 1 aliphatic heterocycles. The van der Waals surface area contributed by atoms with Crippen LogP contribution >= 0.6 is 0 Å². The van der Waals surface area contributed by atoms with E-state index >= 15 is 0 Å². The summed E-state index contributed by atoms with van der Waals surface area (Å²) in [6, 6.07) is 23.5. The van der Waals surface area contributed by atoms with E-state index in [4.69, 9.17) is 4.42 Å². The summed E-state index contributed by atoms with van der Waals surface area (Å²) in [4.78, 5) is 31.4. The van der Waals surface area contributed by atoms with Gasteiger partial charge in [0.05, 0.1) is 11.2 Å². The molecule has 6 heteroatoms. The minimum atomic E-state index is -0.454. The lowest BCUT2D eigenvalue weighted by Gasteiger charge is -2.36. The minimum Gasteiger partial charge on any atom is -0.406 e. The van der Waals surface area contributed by atoms with E-state index in [1.807, 2.05) is 77.7 Å². The molecule has 0 saturated carbocycles. The van der Waals surface area contributed by atoms with Crippen LogP contribution in [0.25, 0.3) is 22.2 Å². The number of benzene rings is 3. The standard InChI is InChI=1S/C24H21N3O3/c28-23(19-9-4-8-18(16-19)17-6-2-1-3-7-17)27-14-12-26(13-15-27)21-11-5-10-20-22(21)30-24(29)25-20/h1-11,16H,12-15H2,(H,25,29). The number of anilines is 1. The number of para-hydroxylation sites is 1. The number of rotatable bonds is 3. The predicted octanol–water partition coefficient (Wildman–Crippen LogP) is 3.75. The smallest absolute Gasteiger partial charge is 0.406 e. The third-order valence-corrected chi connectivity index (χ3v) is 5.55. The first-order valence-electron chi connectivity index (χ1n) is 10.0. The number of amides is 1. The Morgan fingerprint density at radius 2 is 1.57 bits per heavy atom. The summed E-state index contributed by atoms with van der Waals surface area (Å²) in [5.74, 6) is -0.414. The van der Waals surface area contributed by atoms with Gasteiger partial charge in [0.25, 0.3) is 5.91 Å². The first-order valence-corrected chi connectivity index (χ1v) is 10.0. The van der Waals surface area contributed by atoms with Gasteiger partial charge in [-0.2, -0.15) is 0 Å². The molecule has 6 nitrogen and oxygen atoms in total. The molecule has 3 aromatic carbocycles. The van der Waals surface area contributed by atoms with Crippen LogP contribution in [-0.4, -0.2) is 42.0 Å². The summed E-state index contributed by atoms with van der Waals surface area (Å²) < 4.78 is 5.32. The molecule has 1 amide bonds. The summed E-state index contributed by atoms with van der Waals surface area (Å²) in [5.41, 5.74) is 4.96. The Bertz CT molecular complexity index is 1250. The number of piperazine rings is 1. The zero-order valence-electron chi connectivity index (χ0n) is 16.4. The van der Waals surface area contributed by atoms with Crippen LogP contribution in [0.4, 0.5) is 5.69 Å². The summed E-state index contributed by atoms with van der Waals surface area (Å²) in [6.07, 6.45) is 0. The molecule has 150 valence electrons. The van der Waals surface area contributed by atoms with Crippen LogP contribution in [0.15, 0.2) is 82.0 Å². The van der Waals surface area contributed by atoms with Crippen LogP contribution < -0.4 is 10.7 Å². The van der Waals surface area contributed by atoms with Crippen LogP contribution in [0.1, 0.15) is 10.4 Å². The van der Waals surface area contributed by atoms with E-state index in [9.17, 15) is 9.59 Å². The van der Waals surface area contributed by atoms with E-state index in [1.54, 1.807) is 0 Å². The molecule has 1 aromatic heterocycles. The second kappa shape index (κ2) is 7.55. The second-order valence-electron chi connectivity index (χ2n) is 7.39. The molecule has 5 rings (SSSR count). The van der Waals surface area contributed by atoms with E-state index in [2.05, 4.69) is 9.88 Å². The monoisotopic (exact) mass is 399 g/mol. The molecule has 0 unspecified atom stereocenters. The highest BCUT2D eigenvalue weighted by molar-refractivity contribution is 5.96. The lowest BCUT2D eigenvalue weighted by Crippen LogP contribution is -2.48. The first-order chi connectivity index (χ1) is 14.7. The van der Waals surface area contributed by atoms with Crippen molar-refractivity contribution in [2.24, 2.45) is 0 Å². The normalized spacial score (nSPS) is 14.3. The maximum absolute atomic E-state index is 13.1. The molecule has 0 bridgehead atoms. The van der Waals surface area contributed by atoms with Crippen molar-refractivity contribution >= 4 is 22.7 Å².